The van der Waals surface area contributed by atoms with E-state index in [0.29, 0.717) is 17.9 Å². The quantitative estimate of drug-likeness (QED) is 0.939. The Labute approximate surface area is 124 Å². The molecule has 3 rings (SSSR count). The molecule has 0 saturated carbocycles. The first-order valence-electron chi connectivity index (χ1n) is 7.39. The second kappa shape index (κ2) is 6.22. The number of hydrogen-bond donors (Lipinski definition) is 1. The van der Waals surface area contributed by atoms with Gasteiger partial charge < -0.3 is 10.2 Å². The molecule has 0 amide bonds. The summed E-state index contributed by atoms with van der Waals surface area (Å²) in [6.07, 6.45) is 3.57. The largest absolute Gasteiger partial charge is 0.354 e. The molecule has 1 aliphatic rings. The van der Waals surface area contributed by atoms with Crippen LogP contribution in [-0.2, 0) is 19.4 Å². The Hall–Kier alpha value is -1.94. The van der Waals surface area contributed by atoms with Crippen LogP contribution in [0.1, 0.15) is 16.7 Å². The van der Waals surface area contributed by atoms with Gasteiger partial charge in [-0.2, -0.15) is 0 Å². The van der Waals surface area contributed by atoms with Crippen molar-refractivity contribution >= 4 is 5.82 Å². The first kappa shape index (κ1) is 14.0. The molecule has 4 heteroatoms. The van der Waals surface area contributed by atoms with Crippen LogP contribution in [0.5, 0.6) is 0 Å². The average Bonchev–Trinajstić information content (AvgIpc) is 2.72. The fourth-order valence-electron chi connectivity index (χ4n) is 2.90. The van der Waals surface area contributed by atoms with Crippen LogP contribution in [0.3, 0.4) is 0 Å². The molecule has 0 spiro atoms. The molecule has 0 aliphatic carbocycles. The number of nitrogens with zero attached hydrogens (tertiary/aromatic N) is 2. The van der Waals surface area contributed by atoms with E-state index in [0.717, 1.165) is 25.9 Å². The topological polar surface area (TPSA) is 28.2 Å². The van der Waals surface area contributed by atoms with Gasteiger partial charge in [-0.3, -0.25) is 0 Å². The van der Waals surface area contributed by atoms with E-state index in [-0.39, 0.29) is 5.82 Å². The van der Waals surface area contributed by atoms with Crippen molar-refractivity contribution in [1.82, 2.24) is 10.3 Å². The van der Waals surface area contributed by atoms with Gasteiger partial charge in [0.1, 0.15) is 0 Å². The minimum absolute atomic E-state index is 0.196. The molecule has 3 nitrogen and oxygen atoms in total. The molecule has 1 aliphatic heterocycles. The zero-order valence-electron chi connectivity index (χ0n) is 12.3. The summed E-state index contributed by atoms with van der Waals surface area (Å²) in [6.45, 7) is 2.14. The van der Waals surface area contributed by atoms with Crippen LogP contribution in [0.2, 0.25) is 0 Å². The van der Waals surface area contributed by atoms with E-state index in [1.807, 2.05) is 7.05 Å². The highest BCUT2D eigenvalue weighted by Gasteiger charge is 2.19. The highest BCUT2D eigenvalue weighted by atomic mass is 19.1. The molecule has 0 unspecified atom stereocenters. The van der Waals surface area contributed by atoms with E-state index in [9.17, 15) is 4.39 Å². The van der Waals surface area contributed by atoms with Crippen LogP contribution in [-0.4, -0.2) is 25.1 Å². The molecule has 2 aromatic rings. The summed E-state index contributed by atoms with van der Waals surface area (Å²) < 4.78 is 14.6. The lowest BCUT2D eigenvalue weighted by molar-refractivity contribution is 0.585. The van der Waals surface area contributed by atoms with Crippen molar-refractivity contribution in [3.8, 4) is 0 Å². The van der Waals surface area contributed by atoms with Gasteiger partial charge in [-0.1, -0.05) is 24.3 Å². The third kappa shape index (κ3) is 2.90. The monoisotopic (exact) mass is 285 g/mol. The molecule has 0 bridgehead atoms. The molecule has 1 aromatic carbocycles. The van der Waals surface area contributed by atoms with Crippen molar-refractivity contribution < 1.29 is 4.39 Å². The Kier molecular flexibility index (Phi) is 4.15. The summed E-state index contributed by atoms with van der Waals surface area (Å²) >= 11 is 0. The van der Waals surface area contributed by atoms with Crippen LogP contribution in [0.25, 0.3) is 0 Å². The number of nitrogens with one attached hydrogen (secondary N) is 1. The molecular weight excluding hydrogens is 265 g/mol. The Balaban J connectivity index is 1.84. The van der Waals surface area contributed by atoms with Gasteiger partial charge in [0.25, 0.3) is 0 Å². The normalized spacial score (nSPS) is 14.7. The van der Waals surface area contributed by atoms with Crippen LogP contribution in [0.4, 0.5) is 10.2 Å². The van der Waals surface area contributed by atoms with Gasteiger partial charge in [-0.25, -0.2) is 9.37 Å². The Morgan fingerprint density at radius 3 is 2.43 bits per heavy atom. The fraction of sp³-hybridized carbons (Fsp3) is 0.353. The van der Waals surface area contributed by atoms with Crippen LogP contribution in [0.15, 0.2) is 36.5 Å². The number of rotatable bonds is 3. The van der Waals surface area contributed by atoms with Crippen LogP contribution in [0, 0.1) is 5.82 Å². The first-order valence-corrected chi connectivity index (χ1v) is 7.39. The number of aromatic nitrogens is 1. The number of anilines is 1. The maximum absolute atomic E-state index is 14.6. The molecule has 0 fully saturated rings. The predicted molar refractivity (Wildman–Crippen MR) is 83.0 cm³/mol. The van der Waals surface area contributed by atoms with Gasteiger partial charge >= 0.3 is 0 Å². The van der Waals surface area contributed by atoms with Crippen molar-refractivity contribution in [3.63, 3.8) is 0 Å². The average molecular weight is 285 g/mol. The van der Waals surface area contributed by atoms with E-state index < -0.39 is 0 Å². The number of fused-ring (bicyclic) bond motifs is 1. The molecule has 1 aromatic heterocycles. The second-order valence-corrected chi connectivity index (χ2v) is 5.39. The van der Waals surface area contributed by atoms with Gasteiger partial charge in [0.05, 0.1) is 0 Å². The van der Waals surface area contributed by atoms with Crippen LogP contribution >= 0.6 is 0 Å². The van der Waals surface area contributed by atoms with Gasteiger partial charge in [0.2, 0.25) is 0 Å². The highest BCUT2D eigenvalue weighted by Crippen LogP contribution is 2.23. The zero-order chi connectivity index (χ0) is 14.7. The highest BCUT2D eigenvalue weighted by molar-refractivity contribution is 5.45. The molecular formula is C17H20FN3. The SMILES string of the molecule is CNCc1ccnc(N2CCc3ccccc3CC2)c1F. The Morgan fingerprint density at radius 2 is 1.81 bits per heavy atom. The van der Waals surface area contributed by atoms with Gasteiger partial charge in [0, 0.05) is 31.4 Å². The fourth-order valence-corrected chi connectivity index (χ4v) is 2.90. The molecule has 0 saturated heterocycles. The minimum Gasteiger partial charge on any atom is -0.354 e. The zero-order valence-corrected chi connectivity index (χ0v) is 12.3. The number of halogens is 1. The molecule has 1 N–H and O–H groups in total. The van der Waals surface area contributed by atoms with Crippen molar-refractivity contribution in [2.24, 2.45) is 0 Å². The van der Waals surface area contributed by atoms with Crippen molar-refractivity contribution in [2.75, 3.05) is 25.0 Å². The lowest BCUT2D eigenvalue weighted by Gasteiger charge is -2.22. The molecule has 21 heavy (non-hydrogen) atoms. The predicted octanol–water partition coefficient (Wildman–Crippen LogP) is 2.55. The van der Waals surface area contributed by atoms with E-state index >= 15 is 0 Å². The van der Waals surface area contributed by atoms with Gasteiger partial charge in [0.15, 0.2) is 11.6 Å². The summed E-state index contributed by atoms with van der Waals surface area (Å²) in [5.41, 5.74) is 3.41. The van der Waals surface area contributed by atoms with Crippen molar-refractivity contribution in [1.29, 1.82) is 0 Å². The summed E-state index contributed by atoms with van der Waals surface area (Å²) in [4.78, 5) is 6.34. The Bertz CT molecular complexity index is 600. The summed E-state index contributed by atoms with van der Waals surface area (Å²) in [7, 11) is 1.82. The lowest BCUT2D eigenvalue weighted by atomic mass is 10.0. The Morgan fingerprint density at radius 1 is 1.14 bits per heavy atom. The molecule has 110 valence electrons. The maximum atomic E-state index is 14.6. The molecule has 2 heterocycles. The third-order valence-corrected chi connectivity index (χ3v) is 4.04. The first-order chi connectivity index (χ1) is 10.3. The standard InChI is InChI=1S/C17H20FN3/c1-19-12-15-6-9-20-17(16(15)18)21-10-7-13-4-2-3-5-14(13)8-11-21/h2-6,9,19H,7-8,10-12H2,1H3. The molecule has 0 atom stereocenters. The van der Waals surface area contributed by atoms with Crippen LogP contribution < -0.4 is 10.2 Å². The minimum atomic E-state index is -0.196. The summed E-state index contributed by atoms with van der Waals surface area (Å²) in [5, 5.41) is 3.00. The van der Waals surface area contributed by atoms with Gasteiger partial charge in [-0.05, 0) is 37.1 Å². The maximum Gasteiger partial charge on any atom is 0.170 e. The van der Waals surface area contributed by atoms with Crippen molar-refractivity contribution in [3.05, 3.63) is 59.0 Å². The number of benzene rings is 1. The van der Waals surface area contributed by atoms with E-state index in [2.05, 4.69) is 39.5 Å². The van der Waals surface area contributed by atoms with Gasteiger partial charge in [-0.15, -0.1) is 0 Å². The third-order valence-electron chi connectivity index (χ3n) is 4.04. The number of pyridine rings is 1. The second-order valence-electron chi connectivity index (χ2n) is 5.39. The van der Waals surface area contributed by atoms with E-state index in [4.69, 9.17) is 0 Å². The smallest absolute Gasteiger partial charge is 0.170 e. The lowest BCUT2D eigenvalue weighted by Crippen LogP contribution is -2.28. The van der Waals surface area contributed by atoms with E-state index in [1.54, 1.807) is 12.3 Å². The summed E-state index contributed by atoms with van der Waals surface area (Å²) in [5.74, 6) is 0.286. The molecule has 0 radical (unpaired) electrons. The number of hydrogen-bond acceptors (Lipinski definition) is 3. The summed E-state index contributed by atoms with van der Waals surface area (Å²) in [6, 6.07) is 10.2. The van der Waals surface area contributed by atoms with E-state index in [1.165, 1.54) is 11.1 Å². The van der Waals surface area contributed by atoms with Crippen molar-refractivity contribution in [2.45, 2.75) is 19.4 Å².